The van der Waals surface area contributed by atoms with E-state index in [1.807, 2.05) is 68.4 Å². The summed E-state index contributed by atoms with van der Waals surface area (Å²) in [7, 11) is 0. The monoisotopic (exact) mass is 491 g/mol. The molecule has 0 aliphatic carbocycles. The fraction of sp³-hybridized carbons (Fsp3) is 0.346. The Morgan fingerprint density at radius 2 is 1.83 bits per heavy atom. The van der Waals surface area contributed by atoms with Gasteiger partial charge in [0.1, 0.15) is 11.9 Å². The highest BCUT2D eigenvalue weighted by atomic mass is 32.2. The fourth-order valence-electron chi connectivity index (χ4n) is 3.82. The Morgan fingerprint density at radius 1 is 1.09 bits per heavy atom. The van der Waals surface area contributed by atoms with Gasteiger partial charge < -0.3 is 10.6 Å². The zero-order valence-corrected chi connectivity index (χ0v) is 20.7. The van der Waals surface area contributed by atoms with E-state index in [-0.39, 0.29) is 35.9 Å². The molecule has 0 unspecified atom stereocenters. The summed E-state index contributed by atoms with van der Waals surface area (Å²) in [6.07, 6.45) is 1.51. The van der Waals surface area contributed by atoms with Crippen LogP contribution in [0.3, 0.4) is 0 Å². The van der Waals surface area contributed by atoms with Crippen LogP contribution in [-0.2, 0) is 20.8 Å². The highest BCUT2D eigenvalue weighted by Gasteiger charge is 2.42. The molecule has 0 saturated carbocycles. The van der Waals surface area contributed by atoms with Crippen LogP contribution in [0, 0.1) is 0 Å². The Labute approximate surface area is 209 Å². The van der Waals surface area contributed by atoms with Crippen LogP contribution in [0.5, 0.6) is 0 Å². The third-order valence-electron chi connectivity index (χ3n) is 5.86. The van der Waals surface area contributed by atoms with E-state index in [4.69, 9.17) is 0 Å². The topological polar surface area (TPSA) is 103 Å². The second kappa shape index (κ2) is 11.3. The minimum atomic E-state index is -0.826. The van der Waals surface area contributed by atoms with E-state index in [1.54, 1.807) is 0 Å². The molecule has 0 aromatic heterocycles. The fourth-order valence-corrected chi connectivity index (χ4v) is 4.63. The van der Waals surface area contributed by atoms with Crippen molar-refractivity contribution in [2.24, 2.45) is 9.98 Å². The van der Waals surface area contributed by atoms with Crippen molar-refractivity contribution in [1.82, 2.24) is 15.5 Å². The van der Waals surface area contributed by atoms with Crippen LogP contribution in [-0.4, -0.2) is 58.0 Å². The molecule has 182 valence electrons. The third-order valence-corrected chi connectivity index (χ3v) is 6.80. The summed E-state index contributed by atoms with van der Waals surface area (Å²) >= 11 is 1.20. The summed E-state index contributed by atoms with van der Waals surface area (Å²) < 4.78 is 0. The van der Waals surface area contributed by atoms with Crippen molar-refractivity contribution in [1.29, 1.82) is 0 Å². The number of hydrogen-bond donors (Lipinski definition) is 2. The average Bonchev–Trinajstić information content (AvgIpc) is 3.19. The van der Waals surface area contributed by atoms with Crippen LogP contribution < -0.4 is 10.6 Å². The number of thioether (sulfide) groups is 1. The van der Waals surface area contributed by atoms with Crippen molar-refractivity contribution >= 4 is 46.2 Å². The number of nitrogens with one attached hydrogen (secondary N) is 2. The maximum Gasteiger partial charge on any atom is 0.259 e. The molecule has 0 saturated heterocycles. The Balaban J connectivity index is 1.43. The molecule has 2 N–H and O–H groups in total. The molecule has 2 heterocycles. The van der Waals surface area contributed by atoms with Crippen molar-refractivity contribution in [3.63, 3.8) is 0 Å². The maximum atomic E-state index is 13.3. The summed E-state index contributed by atoms with van der Waals surface area (Å²) in [5, 5.41) is 6.21. The first kappa shape index (κ1) is 24.7. The van der Waals surface area contributed by atoms with Gasteiger partial charge in [0.2, 0.25) is 11.8 Å². The molecular formula is C26H29N5O3S. The van der Waals surface area contributed by atoms with Crippen molar-refractivity contribution in [2.75, 3.05) is 12.3 Å². The first-order chi connectivity index (χ1) is 17.0. The largest absolute Gasteiger partial charge is 0.356 e. The number of carbonyl (C=O) groups is 3. The average molecular weight is 492 g/mol. The number of nitrogens with zero attached hydrogens (tertiary/aromatic N) is 3. The Bertz CT molecular complexity index is 1160. The van der Waals surface area contributed by atoms with E-state index in [2.05, 4.69) is 20.6 Å². The predicted octanol–water partition coefficient (Wildman–Crippen LogP) is 3.04. The van der Waals surface area contributed by atoms with Crippen molar-refractivity contribution in [2.45, 2.75) is 45.2 Å². The number of benzene rings is 2. The standard InChI is InChI=1S/C26H29N5O3S/c1-3-17(2)28-23(33)16-35-26-30-20-12-8-7-11-19(20)24-29-21(25(34)31(24)26)15-22(32)27-14-13-18-9-5-4-6-10-18/h4-12,17,21H,3,13-16H2,1-2H3,(H,27,32)(H,28,33)/t17-,21-/m0/s1. The minimum absolute atomic E-state index is 0.0394. The number of amidine groups is 2. The molecular weight excluding hydrogens is 462 g/mol. The van der Waals surface area contributed by atoms with Crippen LogP contribution in [0.1, 0.15) is 37.8 Å². The number of aliphatic imine (C=N–C) groups is 2. The highest BCUT2D eigenvalue weighted by molar-refractivity contribution is 8.14. The van der Waals surface area contributed by atoms with Crippen LogP contribution in [0.4, 0.5) is 5.69 Å². The van der Waals surface area contributed by atoms with E-state index < -0.39 is 6.04 Å². The van der Waals surface area contributed by atoms with Gasteiger partial charge in [-0.3, -0.25) is 19.4 Å². The molecule has 9 heteroatoms. The van der Waals surface area contributed by atoms with Gasteiger partial charge in [-0.15, -0.1) is 0 Å². The van der Waals surface area contributed by atoms with Gasteiger partial charge >= 0.3 is 0 Å². The van der Waals surface area contributed by atoms with Gasteiger partial charge in [-0.05, 0) is 37.5 Å². The summed E-state index contributed by atoms with van der Waals surface area (Å²) in [5.74, 6) is -0.0393. The van der Waals surface area contributed by atoms with Crippen molar-refractivity contribution in [3.05, 3.63) is 65.7 Å². The molecule has 8 nitrogen and oxygen atoms in total. The second-order valence-corrected chi connectivity index (χ2v) is 9.45. The lowest BCUT2D eigenvalue weighted by atomic mass is 10.1. The number of para-hydroxylation sites is 1. The van der Waals surface area contributed by atoms with Gasteiger partial charge in [-0.25, -0.2) is 9.89 Å². The number of hydrogen-bond acceptors (Lipinski definition) is 6. The second-order valence-electron chi connectivity index (χ2n) is 8.51. The zero-order valence-electron chi connectivity index (χ0n) is 19.9. The van der Waals surface area contributed by atoms with Crippen LogP contribution in [0.25, 0.3) is 0 Å². The lowest BCUT2D eigenvalue weighted by Gasteiger charge is -2.25. The highest BCUT2D eigenvalue weighted by Crippen LogP contribution is 2.34. The number of carbonyl (C=O) groups excluding carboxylic acids is 3. The predicted molar refractivity (Wildman–Crippen MR) is 139 cm³/mol. The Morgan fingerprint density at radius 3 is 2.60 bits per heavy atom. The summed E-state index contributed by atoms with van der Waals surface area (Å²) in [4.78, 5) is 48.9. The lowest BCUT2D eigenvalue weighted by Crippen LogP contribution is -2.42. The van der Waals surface area contributed by atoms with Gasteiger partial charge in [0.05, 0.1) is 17.9 Å². The van der Waals surface area contributed by atoms with E-state index in [1.165, 1.54) is 16.7 Å². The molecule has 35 heavy (non-hydrogen) atoms. The first-order valence-corrected chi connectivity index (χ1v) is 12.8. The number of rotatable bonds is 9. The molecule has 0 bridgehead atoms. The quantitative estimate of drug-likeness (QED) is 0.563. The zero-order chi connectivity index (χ0) is 24.8. The maximum absolute atomic E-state index is 13.3. The van der Waals surface area contributed by atoms with Crippen molar-refractivity contribution in [3.8, 4) is 0 Å². The molecule has 2 aliphatic rings. The molecule has 4 rings (SSSR count). The van der Waals surface area contributed by atoms with Gasteiger partial charge in [-0.1, -0.05) is 61.2 Å². The van der Waals surface area contributed by atoms with Gasteiger partial charge in [-0.2, -0.15) is 0 Å². The number of fused-ring (bicyclic) bond motifs is 3. The molecule has 2 aromatic carbocycles. The van der Waals surface area contributed by atoms with Gasteiger partial charge in [0.15, 0.2) is 5.17 Å². The van der Waals surface area contributed by atoms with E-state index in [9.17, 15) is 14.4 Å². The normalized spacial score (nSPS) is 17.1. The smallest absolute Gasteiger partial charge is 0.259 e. The molecule has 2 aliphatic heterocycles. The van der Waals surface area contributed by atoms with Gasteiger partial charge in [0.25, 0.3) is 5.91 Å². The summed E-state index contributed by atoms with van der Waals surface area (Å²) in [6, 6.07) is 16.6. The SMILES string of the molecule is CC[C@H](C)NC(=O)CSC1=Nc2ccccc2C2=N[C@@H](CC(=O)NCCc3ccccc3)C(=O)N12. The number of amides is 3. The Kier molecular flexibility index (Phi) is 7.97. The van der Waals surface area contributed by atoms with E-state index in [0.717, 1.165) is 17.5 Å². The lowest BCUT2D eigenvalue weighted by molar-refractivity contribution is -0.128. The third kappa shape index (κ3) is 5.97. The van der Waals surface area contributed by atoms with Crippen LogP contribution in [0.15, 0.2) is 64.6 Å². The molecule has 0 fully saturated rings. The summed E-state index contributed by atoms with van der Waals surface area (Å²) in [5.41, 5.74) is 2.56. The molecule has 0 spiro atoms. The van der Waals surface area contributed by atoms with Gasteiger partial charge in [0, 0.05) is 18.2 Å². The van der Waals surface area contributed by atoms with Crippen LogP contribution in [0.2, 0.25) is 0 Å². The Hall–Kier alpha value is -3.46. The molecule has 0 radical (unpaired) electrons. The van der Waals surface area contributed by atoms with E-state index >= 15 is 0 Å². The molecule has 2 atom stereocenters. The molecule has 2 aromatic rings. The minimum Gasteiger partial charge on any atom is -0.356 e. The van der Waals surface area contributed by atoms with E-state index in [0.29, 0.717) is 29.7 Å². The van der Waals surface area contributed by atoms with Crippen molar-refractivity contribution < 1.29 is 14.4 Å². The van der Waals surface area contributed by atoms with Crippen LogP contribution >= 0.6 is 11.8 Å². The summed E-state index contributed by atoms with van der Waals surface area (Å²) in [6.45, 7) is 4.44. The first-order valence-electron chi connectivity index (χ1n) is 11.8. The molecule has 3 amide bonds.